The molecule has 5 nitrogen and oxygen atoms in total. The number of aromatic nitrogens is 3. The lowest BCUT2D eigenvalue weighted by molar-refractivity contribution is -0.124. The Balaban J connectivity index is 1.61. The number of amides is 1. The summed E-state index contributed by atoms with van der Waals surface area (Å²) in [6.45, 7) is 2.84. The second-order valence-electron chi connectivity index (χ2n) is 8.70. The summed E-state index contributed by atoms with van der Waals surface area (Å²) in [5, 5.41) is 8.85. The largest absolute Gasteiger partial charge is 0.353 e. The van der Waals surface area contributed by atoms with E-state index in [0.717, 1.165) is 68.4 Å². The van der Waals surface area contributed by atoms with E-state index in [9.17, 15) is 4.79 Å². The number of hydrogen-bond acceptors (Lipinski definition) is 2. The second-order valence-corrected chi connectivity index (χ2v) is 8.70. The summed E-state index contributed by atoms with van der Waals surface area (Å²) in [5.74, 6) is 0.332. The number of carbonyl (C=O) groups is 1. The first kappa shape index (κ1) is 16.4. The molecule has 1 aromatic carbocycles. The maximum Gasteiger partial charge on any atom is 0.237 e. The van der Waals surface area contributed by atoms with Crippen molar-refractivity contribution in [2.45, 2.75) is 63.7 Å². The minimum absolute atomic E-state index is 0.294. The number of aryl methyl sites for hydroxylation is 2. The van der Waals surface area contributed by atoms with E-state index in [2.05, 4.69) is 34.2 Å². The van der Waals surface area contributed by atoms with Crippen LogP contribution in [0, 0.1) is 0 Å². The van der Waals surface area contributed by atoms with Gasteiger partial charge in [0, 0.05) is 29.3 Å². The molecule has 28 heavy (non-hydrogen) atoms. The number of benzene rings is 1. The van der Waals surface area contributed by atoms with Gasteiger partial charge in [0.1, 0.15) is 5.69 Å². The third kappa shape index (κ3) is 1.97. The number of aromatic amines is 2. The lowest BCUT2D eigenvalue weighted by Crippen LogP contribution is -2.41. The first-order chi connectivity index (χ1) is 13.7. The van der Waals surface area contributed by atoms with Gasteiger partial charge < -0.3 is 9.88 Å². The molecular weight excluding hydrogens is 348 g/mol. The molecule has 6 rings (SSSR count). The van der Waals surface area contributed by atoms with Crippen LogP contribution in [0.2, 0.25) is 0 Å². The molecule has 0 atom stereocenters. The summed E-state index contributed by atoms with van der Waals surface area (Å²) in [4.78, 5) is 19.2. The van der Waals surface area contributed by atoms with E-state index in [0.29, 0.717) is 5.91 Å². The van der Waals surface area contributed by atoms with Crippen molar-refractivity contribution in [2.75, 3.05) is 11.4 Å². The molecule has 1 spiro atoms. The third-order valence-electron chi connectivity index (χ3n) is 7.34. The zero-order chi connectivity index (χ0) is 18.9. The average molecular weight is 374 g/mol. The SMILES string of the molecule is CCN1C(=O)C2(CCCCC2)c2cc3[nH]c4c(c3cc21)CCCc1c[nH]nc1-4. The highest BCUT2D eigenvalue weighted by atomic mass is 16.2. The Labute approximate surface area is 164 Å². The molecule has 1 aliphatic heterocycles. The monoisotopic (exact) mass is 374 g/mol. The Morgan fingerprint density at radius 3 is 2.82 bits per heavy atom. The van der Waals surface area contributed by atoms with E-state index in [-0.39, 0.29) is 5.41 Å². The van der Waals surface area contributed by atoms with Crippen molar-refractivity contribution in [2.24, 2.45) is 0 Å². The quantitative estimate of drug-likeness (QED) is 0.653. The molecule has 1 amide bonds. The highest BCUT2D eigenvalue weighted by Crippen LogP contribution is 2.52. The number of anilines is 1. The Morgan fingerprint density at radius 2 is 2.00 bits per heavy atom. The summed E-state index contributed by atoms with van der Waals surface area (Å²) < 4.78 is 0. The number of H-pyrrole nitrogens is 2. The molecule has 2 aromatic heterocycles. The van der Waals surface area contributed by atoms with Crippen LogP contribution in [0.25, 0.3) is 22.3 Å². The van der Waals surface area contributed by atoms with Gasteiger partial charge in [-0.25, -0.2) is 0 Å². The first-order valence-corrected chi connectivity index (χ1v) is 10.8. The molecule has 3 aromatic rings. The van der Waals surface area contributed by atoms with E-state index < -0.39 is 0 Å². The van der Waals surface area contributed by atoms with Crippen molar-refractivity contribution < 1.29 is 4.79 Å². The van der Waals surface area contributed by atoms with Crippen LogP contribution in [0.4, 0.5) is 5.69 Å². The van der Waals surface area contributed by atoms with E-state index >= 15 is 0 Å². The molecule has 5 heteroatoms. The Hall–Kier alpha value is -2.56. The Bertz CT molecular complexity index is 1100. The average Bonchev–Trinajstić information content (AvgIpc) is 3.34. The molecule has 144 valence electrons. The first-order valence-electron chi connectivity index (χ1n) is 10.8. The molecule has 0 unspecified atom stereocenters. The van der Waals surface area contributed by atoms with Crippen LogP contribution in [0.1, 0.15) is 62.1 Å². The molecule has 3 aliphatic rings. The van der Waals surface area contributed by atoms with E-state index in [1.807, 2.05) is 11.1 Å². The Morgan fingerprint density at radius 1 is 1.14 bits per heavy atom. The highest BCUT2D eigenvalue weighted by molar-refractivity contribution is 6.11. The van der Waals surface area contributed by atoms with Crippen LogP contribution in [0.5, 0.6) is 0 Å². The summed E-state index contributed by atoms with van der Waals surface area (Å²) in [5.41, 5.74) is 8.16. The maximum atomic E-state index is 13.4. The topological polar surface area (TPSA) is 64.8 Å². The molecule has 0 bridgehead atoms. The fraction of sp³-hybridized carbons (Fsp3) is 0.478. The number of nitrogens with one attached hydrogen (secondary N) is 2. The van der Waals surface area contributed by atoms with Gasteiger partial charge >= 0.3 is 0 Å². The van der Waals surface area contributed by atoms with Crippen molar-refractivity contribution in [3.05, 3.63) is 35.0 Å². The zero-order valence-electron chi connectivity index (χ0n) is 16.4. The van der Waals surface area contributed by atoms with Gasteiger partial charge in [-0.3, -0.25) is 9.89 Å². The van der Waals surface area contributed by atoms with Gasteiger partial charge in [-0.05, 0) is 67.9 Å². The summed E-state index contributed by atoms with van der Waals surface area (Å²) >= 11 is 0. The standard InChI is InChI=1S/C23H26N4O/c1-2-27-19-11-16-15-8-6-7-14-13-24-26-20(14)21(15)25-18(16)12-17(19)23(22(27)28)9-4-3-5-10-23/h11-13,25H,2-10H2,1H3,(H,24,26). The highest BCUT2D eigenvalue weighted by Gasteiger charge is 2.50. The summed E-state index contributed by atoms with van der Waals surface area (Å²) in [6.07, 6.45) is 10.8. The molecule has 1 fully saturated rings. The molecule has 2 N–H and O–H groups in total. The summed E-state index contributed by atoms with van der Waals surface area (Å²) in [7, 11) is 0. The number of rotatable bonds is 1. The molecule has 0 radical (unpaired) electrons. The fourth-order valence-electron chi connectivity index (χ4n) is 5.97. The maximum absolute atomic E-state index is 13.4. The van der Waals surface area contributed by atoms with Crippen LogP contribution in [0.15, 0.2) is 18.3 Å². The minimum atomic E-state index is -0.294. The van der Waals surface area contributed by atoms with Crippen LogP contribution in [0.3, 0.4) is 0 Å². The normalized spacial score (nSPS) is 20.3. The van der Waals surface area contributed by atoms with E-state index in [4.69, 9.17) is 0 Å². The molecular formula is C23H26N4O. The van der Waals surface area contributed by atoms with E-state index in [1.165, 1.54) is 34.2 Å². The number of carbonyl (C=O) groups excluding carboxylic acids is 1. The van der Waals surface area contributed by atoms with Gasteiger partial charge in [-0.15, -0.1) is 0 Å². The van der Waals surface area contributed by atoms with Gasteiger partial charge in [0.15, 0.2) is 0 Å². The number of likely N-dealkylation sites (N-methyl/N-ethyl adjacent to an activating group) is 1. The van der Waals surface area contributed by atoms with Crippen molar-refractivity contribution in [3.63, 3.8) is 0 Å². The van der Waals surface area contributed by atoms with Crippen molar-refractivity contribution in [1.82, 2.24) is 15.2 Å². The zero-order valence-corrected chi connectivity index (χ0v) is 16.4. The van der Waals surface area contributed by atoms with Crippen LogP contribution in [-0.2, 0) is 23.1 Å². The smallest absolute Gasteiger partial charge is 0.237 e. The fourth-order valence-corrected chi connectivity index (χ4v) is 5.97. The number of fused-ring (bicyclic) bond motifs is 7. The predicted octanol–water partition coefficient (Wildman–Crippen LogP) is 4.62. The van der Waals surface area contributed by atoms with Crippen LogP contribution >= 0.6 is 0 Å². The second kappa shape index (κ2) is 5.72. The summed E-state index contributed by atoms with van der Waals surface area (Å²) in [6, 6.07) is 4.59. The third-order valence-corrected chi connectivity index (χ3v) is 7.34. The van der Waals surface area contributed by atoms with Crippen molar-refractivity contribution in [1.29, 1.82) is 0 Å². The number of hydrogen-bond donors (Lipinski definition) is 2. The minimum Gasteiger partial charge on any atom is -0.353 e. The van der Waals surface area contributed by atoms with Gasteiger partial charge in [0.2, 0.25) is 5.91 Å². The lowest BCUT2D eigenvalue weighted by atomic mass is 9.70. The predicted molar refractivity (Wildman–Crippen MR) is 111 cm³/mol. The molecule has 1 saturated carbocycles. The van der Waals surface area contributed by atoms with E-state index in [1.54, 1.807) is 0 Å². The number of nitrogens with zero attached hydrogens (tertiary/aromatic N) is 2. The van der Waals surface area contributed by atoms with Gasteiger partial charge in [-0.1, -0.05) is 19.3 Å². The molecule has 2 aliphatic carbocycles. The lowest BCUT2D eigenvalue weighted by Gasteiger charge is -2.32. The Kier molecular flexibility index (Phi) is 3.35. The van der Waals surface area contributed by atoms with Crippen LogP contribution < -0.4 is 4.90 Å². The van der Waals surface area contributed by atoms with Crippen LogP contribution in [-0.4, -0.2) is 27.6 Å². The van der Waals surface area contributed by atoms with Gasteiger partial charge in [0.05, 0.1) is 11.1 Å². The van der Waals surface area contributed by atoms with Gasteiger partial charge in [-0.2, -0.15) is 5.10 Å². The van der Waals surface area contributed by atoms with Gasteiger partial charge in [0.25, 0.3) is 0 Å². The van der Waals surface area contributed by atoms with Crippen molar-refractivity contribution in [3.8, 4) is 11.4 Å². The molecule has 3 heterocycles. The molecule has 0 saturated heterocycles. The van der Waals surface area contributed by atoms with Crippen molar-refractivity contribution >= 4 is 22.5 Å².